The normalized spacial score (nSPS) is 18.2. The first-order valence-corrected chi connectivity index (χ1v) is 16.2. The second-order valence-electron chi connectivity index (χ2n) is 12.7. The lowest BCUT2D eigenvalue weighted by Crippen LogP contribution is -2.48. The van der Waals surface area contributed by atoms with Crippen molar-refractivity contribution in [1.29, 1.82) is 0 Å². The van der Waals surface area contributed by atoms with Gasteiger partial charge in [-0.1, -0.05) is 43.0 Å². The quantitative estimate of drug-likeness (QED) is 0.216. The van der Waals surface area contributed by atoms with E-state index in [4.69, 9.17) is 16.0 Å². The molecule has 45 heavy (non-hydrogen) atoms. The van der Waals surface area contributed by atoms with Crippen LogP contribution in [0.2, 0.25) is 5.02 Å². The summed E-state index contributed by atoms with van der Waals surface area (Å²) < 4.78 is 35.6. The smallest absolute Gasteiger partial charge is 0.287 e. The van der Waals surface area contributed by atoms with E-state index in [1.165, 1.54) is 32.1 Å². The Morgan fingerprint density at radius 1 is 1.09 bits per heavy atom. The van der Waals surface area contributed by atoms with Crippen LogP contribution in [0.15, 0.2) is 64.3 Å². The van der Waals surface area contributed by atoms with Crippen molar-refractivity contribution in [2.45, 2.75) is 70.4 Å². The van der Waals surface area contributed by atoms with Crippen molar-refractivity contribution in [3.8, 4) is 0 Å². The fourth-order valence-electron chi connectivity index (χ4n) is 7.29. The molecule has 3 heterocycles. The molecule has 2 fully saturated rings. The predicted molar refractivity (Wildman–Crippen MR) is 168 cm³/mol. The second kappa shape index (κ2) is 13.8. The number of rotatable bonds is 10. The van der Waals surface area contributed by atoms with E-state index in [0.717, 1.165) is 56.7 Å². The molecule has 1 aliphatic carbocycles. The van der Waals surface area contributed by atoms with Gasteiger partial charge in [0.15, 0.2) is 22.6 Å². The molecule has 0 bridgehead atoms. The number of hydrogen-bond acceptors (Lipinski definition) is 6. The number of carbonyl (C=O) groups is 1. The monoisotopic (exact) mass is 637 g/mol. The Bertz CT molecular complexity index is 1660. The molecule has 8 nitrogen and oxygen atoms in total. The van der Waals surface area contributed by atoms with Gasteiger partial charge in [0.2, 0.25) is 0 Å². The molecule has 2 aromatic carbocycles. The van der Waals surface area contributed by atoms with Crippen LogP contribution in [0.4, 0.5) is 8.78 Å². The summed E-state index contributed by atoms with van der Waals surface area (Å²) in [5, 5.41) is 7.82. The van der Waals surface area contributed by atoms with Crippen LogP contribution in [-0.2, 0) is 13.0 Å². The number of carbonyl (C=O) groups excluding carboxylic acids is 1. The van der Waals surface area contributed by atoms with Crippen LogP contribution in [-0.4, -0.2) is 51.2 Å². The van der Waals surface area contributed by atoms with Gasteiger partial charge in [0, 0.05) is 36.3 Å². The number of benzene rings is 2. The fourth-order valence-corrected chi connectivity index (χ4v) is 7.42. The molecular formula is C34H38ClF2N5O3. The van der Waals surface area contributed by atoms with Gasteiger partial charge in [0.25, 0.3) is 5.91 Å². The first kappa shape index (κ1) is 31.4. The average molecular weight is 638 g/mol. The minimum atomic E-state index is -1.03. The Morgan fingerprint density at radius 2 is 1.84 bits per heavy atom. The fraction of sp³-hybridized carbons (Fsp3) is 0.471. The highest BCUT2D eigenvalue weighted by Gasteiger charge is 2.42. The Hall–Kier alpha value is -3.63. The van der Waals surface area contributed by atoms with Crippen LogP contribution in [0.5, 0.6) is 0 Å². The largest absolute Gasteiger partial charge is 0.448 e. The minimum Gasteiger partial charge on any atom is -0.448 e. The Morgan fingerprint density at radius 3 is 2.56 bits per heavy atom. The maximum atomic E-state index is 14.4. The maximum Gasteiger partial charge on any atom is 0.287 e. The van der Waals surface area contributed by atoms with Crippen LogP contribution < -0.4 is 10.7 Å². The van der Waals surface area contributed by atoms with Crippen LogP contribution in [0.3, 0.4) is 0 Å². The molecule has 1 amide bonds. The highest BCUT2D eigenvalue weighted by Crippen LogP contribution is 2.47. The van der Waals surface area contributed by atoms with E-state index in [1.54, 1.807) is 6.33 Å². The van der Waals surface area contributed by atoms with Gasteiger partial charge in [-0.2, -0.15) is 5.10 Å². The molecule has 0 radical (unpaired) electrons. The van der Waals surface area contributed by atoms with Gasteiger partial charge in [0.1, 0.15) is 18.5 Å². The van der Waals surface area contributed by atoms with Gasteiger partial charge in [-0.25, -0.2) is 13.8 Å². The molecule has 2 aromatic heterocycles. The predicted octanol–water partition coefficient (Wildman–Crippen LogP) is 6.41. The molecule has 1 saturated heterocycles. The number of halogens is 3. The van der Waals surface area contributed by atoms with Gasteiger partial charge in [-0.3, -0.25) is 14.3 Å². The van der Waals surface area contributed by atoms with Crippen molar-refractivity contribution in [2.24, 2.45) is 11.3 Å². The lowest BCUT2D eigenvalue weighted by Gasteiger charge is -2.48. The van der Waals surface area contributed by atoms with E-state index in [1.807, 2.05) is 35.3 Å². The Kier molecular flexibility index (Phi) is 9.61. The summed E-state index contributed by atoms with van der Waals surface area (Å²) in [5.41, 5.74) is 0.0699. The lowest BCUT2D eigenvalue weighted by atomic mass is 9.63. The topological polar surface area (TPSA) is 93.3 Å². The molecule has 238 valence electrons. The number of nitrogens with zero attached hydrogens (tertiary/aromatic N) is 4. The number of aromatic nitrogens is 3. The highest BCUT2D eigenvalue weighted by molar-refractivity contribution is 6.30. The van der Waals surface area contributed by atoms with Gasteiger partial charge in [0.05, 0.1) is 5.39 Å². The summed E-state index contributed by atoms with van der Waals surface area (Å²) in [6.07, 6.45) is 13.2. The van der Waals surface area contributed by atoms with E-state index >= 15 is 0 Å². The zero-order valence-corrected chi connectivity index (χ0v) is 25.9. The summed E-state index contributed by atoms with van der Waals surface area (Å²) in [6.45, 7) is 3.59. The number of hydrogen-bond donors (Lipinski definition) is 1. The molecule has 1 atom stereocenters. The number of likely N-dealkylation sites (tertiary alicyclic amines) is 1. The van der Waals surface area contributed by atoms with E-state index in [2.05, 4.69) is 20.3 Å². The molecule has 1 saturated carbocycles. The van der Waals surface area contributed by atoms with Crippen molar-refractivity contribution in [1.82, 2.24) is 25.0 Å². The van der Waals surface area contributed by atoms with Crippen molar-refractivity contribution < 1.29 is 18.0 Å². The maximum absolute atomic E-state index is 14.4. The molecule has 11 heteroatoms. The summed E-state index contributed by atoms with van der Waals surface area (Å²) in [7, 11) is 0. The van der Waals surface area contributed by atoms with E-state index in [0.29, 0.717) is 29.8 Å². The summed E-state index contributed by atoms with van der Waals surface area (Å²) in [5.74, 6) is -2.18. The van der Waals surface area contributed by atoms with Crippen LogP contribution in [0.1, 0.15) is 67.5 Å². The third-order valence-corrected chi connectivity index (χ3v) is 10.0. The zero-order chi connectivity index (χ0) is 31.4. The molecule has 0 unspecified atom stereocenters. The van der Waals surface area contributed by atoms with Crippen molar-refractivity contribution in [2.75, 3.05) is 19.6 Å². The van der Waals surface area contributed by atoms with Crippen molar-refractivity contribution in [3.05, 3.63) is 93.3 Å². The van der Waals surface area contributed by atoms with Crippen LogP contribution >= 0.6 is 11.6 Å². The highest BCUT2D eigenvalue weighted by atomic mass is 35.5. The van der Waals surface area contributed by atoms with Crippen molar-refractivity contribution in [3.63, 3.8) is 0 Å². The molecule has 0 spiro atoms. The molecule has 1 aliphatic heterocycles. The Balaban J connectivity index is 1.15. The van der Waals surface area contributed by atoms with E-state index < -0.39 is 28.6 Å². The number of piperidine rings is 1. The van der Waals surface area contributed by atoms with Crippen molar-refractivity contribution >= 4 is 28.5 Å². The van der Waals surface area contributed by atoms with E-state index in [-0.39, 0.29) is 22.6 Å². The minimum absolute atomic E-state index is 0.202. The van der Waals surface area contributed by atoms with Gasteiger partial charge in [-0.15, -0.1) is 0 Å². The summed E-state index contributed by atoms with van der Waals surface area (Å²) in [4.78, 5) is 32.6. The first-order chi connectivity index (χ1) is 21.8. The standard InChI is InChI=1S/C34H38ClF2N5O3/c35-25-8-6-23(7-9-25)16-27(40-33(44)31-19-30(43)28-17-26(36)18-29(37)32(28)45-31)10-13-41-14-11-34(12-15-41,20-42-22-38-21-39-42)24-4-2-1-3-5-24/h6-9,17-19,21-22,24,27H,1-5,10-16,20H2,(H,40,44)/t27-/m1/s1. The number of fused-ring (bicyclic) bond motifs is 1. The van der Waals surface area contributed by atoms with E-state index in [9.17, 15) is 18.4 Å². The average Bonchev–Trinajstić information content (AvgIpc) is 3.55. The molecule has 2 aliphatic rings. The molecule has 4 aromatic rings. The SMILES string of the molecule is O=C(N[C@H](CCN1CCC(Cn2cncn2)(C2CCCCC2)CC1)Cc1ccc(Cl)cc1)c1cc(=O)c2cc(F)cc(F)c2o1. The van der Waals surface area contributed by atoms with Gasteiger partial charge in [-0.05, 0) is 86.7 Å². The lowest BCUT2D eigenvalue weighted by molar-refractivity contribution is 0.0104. The van der Waals surface area contributed by atoms with Gasteiger partial charge < -0.3 is 14.6 Å². The van der Waals surface area contributed by atoms with Crippen LogP contribution in [0, 0.1) is 23.0 Å². The number of amides is 1. The van der Waals surface area contributed by atoms with Crippen LogP contribution in [0.25, 0.3) is 11.0 Å². The molecular weight excluding hydrogens is 600 g/mol. The first-order valence-electron chi connectivity index (χ1n) is 15.8. The second-order valence-corrected chi connectivity index (χ2v) is 13.1. The third kappa shape index (κ3) is 7.44. The molecule has 1 N–H and O–H groups in total. The summed E-state index contributed by atoms with van der Waals surface area (Å²) in [6, 6.07) is 9.69. The molecule has 6 rings (SSSR count). The third-order valence-electron chi connectivity index (χ3n) is 9.76. The Labute approximate surface area is 265 Å². The van der Waals surface area contributed by atoms with Gasteiger partial charge >= 0.3 is 0 Å². The summed E-state index contributed by atoms with van der Waals surface area (Å²) >= 11 is 6.10. The zero-order valence-electron chi connectivity index (χ0n) is 25.2. The number of nitrogens with one attached hydrogen (secondary N) is 1.